The van der Waals surface area contributed by atoms with Gasteiger partial charge in [0.1, 0.15) is 6.54 Å². The molecule has 0 saturated carbocycles. The van der Waals surface area contributed by atoms with Crippen LogP contribution in [0.2, 0.25) is 0 Å². The van der Waals surface area contributed by atoms with E-state index in [4.69, 9.17) is 0 Å². The number of amides is 2. The zero-order chi connectivity index (χ0) is 22.0. The van der Waals surface area contributed by atoms with Gasteiger partial charge in [-0.15, -0.1) is 0 Å². The summed E-state index contributed by atoms with van der Waals surface area (Å²) >= 11 is 0. The Morgan fingerprint density at radius 2 is 1.71 bits per heavy atom. The van der Waals surface area contributed by atoms with Crippen molar-refractivity contribution in [3.05, 3.63) is 90.0 Å². The van der Waals surface area contributed by atoms with Crippen LogP contribution in [0.1, 0.15) is 22.8 Å². The van der Waals surface area contributed by atoms with E-state index < -0.39 is 26.9 Å². The van der Waals surface area contributed by atoms with E-state index in [9.17, 15) is 18.0 Å². The molecule has 0 saturated heterocycles. The van der Waals surface area contributed by atoms with Crippen molar-refractivity contribution in [1.82, 2.24) is 0 Å². The lowest BCUT2D eigenvalue weighted by atomic mass is 10.1. The molecule has 7 heteroatoms. The third kappa shape index (κ3) is 4.22. The van der Waals surface area contributed by atoms with E-state index in [0.29, 0.717) is 11.3 Å². The molecule has 0 aromatic heterocycles. The molecule has 1 unspecified atom stereocenters. The van der Waals surface area contributed by atoms with Gasteiger partial charge in [-0.1, -0.05) is 54.6 Å². The monoisotopic (exact) mass is 434 g/mol. The van der Waals surface area contributed by atoms with Gasteiger partial charge in [-0.3, -0.25) is 9.59 Å². The number of sulfone groups is 1. The summed E-state index contributed by atoms with van der Waals surface area (Å²) in [5.41, 5.74) is 2.39. The summed E-state index contributed by atoms with van der Waals surface area (Å²) in [6.45, 7) is 1.64. The largest absolute Gasteiger partial charge is 0.325 e. The zero-order valence-electron chi connectivity index (χ0n) is 17.0. The van der Waals surface area contributed by atoms with Crippen molar-refractivity contribution in [3.63, 3.8) is 0 Å². The molecule has 6 nitrogen and oxygen atoms in total. The Morgan fingerprint density at radius 1 is 1.00 bits per heavy atom. The zero-order valence-corrected chi connectivity index (χ0v) is 17.8. The van der Waals surface area contributed by atoms with Gasteiger partial charge in [0.05, 0.1) is 15.8 Å². The highest BCUT2D eigenvalue weighted by Gasteiger charge is 2.39. The minimum absolute atomic E-state index is 0.0538. The van der Waals surface area contributed by atoms with Crippen LogP contribution in [0, 0.1) is 6.92 Å². The third-order valence-electron chi connectivity index (χ3n) is 5.27. The van der Waals surface area contributed by atoms with Crippen LogP contribution >= 0.6 is 0 Å². The van der Waals surface area contributed by atoms with Gasteiger partial charge in [0, 0.05) is 12.1 Å². The van der Waals surface area contributed by atoms with E-state index in [0.717, 1.165) is 5.56 Å². The van der Waals surface area contributed by atoms with Gasteiger partial charge in [0.25, 0.3) is 0 Å². The Hall–Kier alpha value is -3.45. The normalized spacial score (nSPS) is 17.5. The second-order valence-corrected chi connectivity index (χ2v) is 9.61. The topological polar surface area (TPSA) is 83.6 Å². The van der Waals surface area contributed by atoms with Crippen LogP contribution in [0.5, 0.6) is 0 Å². The summed E-state index contributed by atoms with van der Waals surface area (Å²) < 4.78 is 26.9. The second-order valence-electron chi connectivity index (χ2n) is 7.51. The van der Waals surface area contributed by atoms with Gasteiger partial charge in [-0.2, -0.15) is 0 Å². The highest BCUT2D eigenvalue weighted by atomic mass is 32.2. The summed E-state index contributed by atoms with van der Waals surface area (Å²) in [5.74, 6) is -0.814. The Labute approximate surface area is 181 Å². The number of hydrogen-bond donors (Lipinski definition) is 1. The van der Waals surface area contributed by atoms with Crippen molar-refractivity contribution >= 4 is 33.0 Å². The van der Waals surface area contributed by atoms with Crippen LogP contribution in [0.4, 0.5) is 11.4 Å². The number of carbonyl (C=O) groups excluding carboxylic acids is 2. The summed E-state index contributed by atoms with van der Waals surface area (Å²) in [7, 11) is -3.83. The summed E-state index contributed by atoms with van der Waals surface area (Å²) in [6, 6.07) is 22.4. The minimum atomic E-state index is -3.83. The van der Waals surface area contributed by atoms with Crippen LogP contribution < -0.4 is 10.2 Å². The van der Waals surface area contributed by atoms with E-state index in [1.165, 1.54) is 11.0 Å². The van der Waals surface area contributed by atoms with Crippen LogP contribution in [-0.4, -0.2) is 26.8 Å². The Kier molecular flexibility index (Phi) is 5.61. The SMILES string of the molecule is Cc1cccc(NC(=O)CN2C(=O)CC(c3ccccc3)S(=O)(=O)c3ccccc32)c1. The number of hydrogen-bond acceptors (Lipinski definition) is 4. The van der Waals surface area contributed by atoms with Gasteiger partial charge in [0.2, 0.25) is 11.8 Å². The van der Waals surface area contributed by atoms with Gasteiger partial charge < -0.3 is 10.2 Å². The maximum Gasteiger partial charge on any atom is 0.244 e. The molecule has 0 spiro atoms. The number of carbonyl (C=O) groups is 2. The molecule has 1 aliphatic rings. The molecular formula is C24H22N2O4S. The first-order valence-corrected chi connectivity index (χ1v) is 11.5. The number of fused-ring (bicyclic) bond motifs is 1. The van der Waals surface area contributed by atoms with E-state index in [2.05, 4.69) is 5.32 Å². The van der Waals surface area contributed by atoms with Gasteiger partial charge in [-0.05, 0) is 42.3 Å². The summed E-state index contributed by atoms with van der Waals surface area (Å²) in [5, 5.41) is 1.78. The molecular weight excluding hydrogens is 412 g/mol. The van der Waals surface area contributed by atoms with Crippen LogP contribution in [0.25, 0.3) is 0 Å². The smallest absolute Gasteiger partial charge is 0.244 e. The highest BCUT2D eigenvalue weighted by molar-refractivity contribution is 7.92. The highest BCUT2D eigenvalue weighted by Crippen LogP contribution is 2.40. The van der Waals surface area contributed by atoms with Crippen molar-refractivity contribution in [1.29, 1.82) is 0 Å². The molecule has 2 amide bonds. The molecule has 3 aromatic carbocycles. The number of rotatable bonds is 4. The van der Waals surface area contributed by atoms with Crippen molar-refractivity contribution in [2.24, 2.45) is 0 Å². The van der Waals surface area contributed by atoms with Gasteiger partial charge in [0.15, 0.2) is 9.84 Å². The first-order chi connectivity index (χ1) is 14.9. The van der Waals surface area contributed by atoms with Crippen LogP contribution in [-0.2, 0) is 19.4 Å². The quantitative estimate of drug-likeness (QED) is 0.675. The molecule has 3 aromatic rings. The predicted molar refractivity (Wildman–Crippen MR) is 120 cm³/mol. The van der Waals surface area contributed by atoms with Gasteiger partial charge >= 0.3 is 0 Å². The van der Waals surface area contributed by atoms with E-state index in [1.54, 1.807) is 54.6 Å². The molecule has 0 fully saturated rings. The first-order valence-electron chi connectivity index (χ1n) is 9.91. The lowest BCUT2D eigenvalue weighted by Gasteiger charge is -2.22. The molecule has 0 aliphatic carbocycles. The molecule has 1 aliphatic heterocycles. The first kappa shape index (κ1) is 20.8. The number of para-hydroxylation sites is 1. The van der Waals surface area contributed by atoms with E-state index >= 15 is 0 Å². The van der Waals surface area contributed by atoms with Crippen molar-refractivity contribution < 1.29 is 18.0 Å². The molecule has 1 atom stereocenters. The van der Waals surface area contributed by atoms with Crippen molar-refractivity contribution in [2.45, 2.75) is 23.5 Å². The molecule has 158 valence electrons. The number of nitrogens with one attached hydrogen (secondary N) is 1. The standard InChI is InChI=1S/C24H22N2O4S/c1-17-8-7-11-19(14-17)25-23(27)16-26-20-12-5-6-13-21(20)31(29,30)22(15-24(26)28)18-9-3-2-4-10-18/h2-14,22H,15-16H2,1H3,(H,25,27). The van der Waals surface area contributed by atoms with E-state index in [-0.39, 0.29) is 23.5 Å². The maximum absolute atomic E-state index is 13.5. The number of aryl methyl sites for hydroxylation is 1. The fourth-order valence-corrected chi connectivity index (χ4v) is 5.71. The second kappa shape index (κ2) is 8.35. The van der Waals surface area contributed by atoms with E-state index in [1.807, 2.05) is 25.1 Å². The Bertz CT molecular complexity index is 1240. The number of benzene rings is 3. The predicted octanol–water partition coefficient (Wildman–Crippen LogP) is 3.89. The summed E-state index contributed by atoms with van der Waals surface area (Å²) in [4.78, 5) is 27.2. The fraction of sp³-hybridized carbons (Fsp3) is 0.167. The average molecular weight is 435 g/mol. The molecule has 4 rings (SSSR count). The Morgan fingerprint density at radius 3 is 2.45 bits per heavy atom. The molecule has 0 radical (unpaired) electrons. The third-order valence-corrected chi connectivity index (χ3v) is 7.42. The lowest BCUT2D eigenvalue weighted by Crippen LogP contribution is -2.38. The lowest BCUT2D eigenvalue weighted by molar-refractivity contribution is -0.121. The molecule has 31 heavy (non-hydrogen) atoms. The minimum Gasteiger partial charge on any atom is -0.325 e. The number of anilines is 2. The molecule has 1 N–H and O–H groups in total. The Balaban J connectivity index is 1.69. The average Bonchev–Trinajstić information content (AvgIpc) is 2.83. The van der Waals surface area contributed by atoms with Crippen LogP contribution in [0.3, 0.4) is 0 Å². The number of nitrogens with zero attached hydrogens (tertiary/aromatic N) is 1. The fourth-order valence-electron chi connectivity index (χ4n) is 3.79. The molecule has 0 bridgehead atoms. The summed E-state index contributed by atoms with van der Waals surface area (Å²) in [6.07, 6.45) is -0.237. The van der Waals surface area contributed by atoms with Crippen molar-refractivity contribution in [3.8, 4) is 0 Å². The van der Waals surface area contributed by atoms with Crippen molar-refractivity contribution in [2.75, 3.05) is 16.8 Å². The molecule has 1 heterocycles. The van der Waals surface area contributed by atoms with Crippen LogP contribution in [0.15, 0.2) is 83.8 Å². The van der Waals surface area contributed by atoms with Gasteiger partial charge in [-0.25, -0.2) is 8.42 Å². The maximum atomic E-state index is 13.5.